The van der Waals surface area contributed by atoms with E-state index in [-0.39, 0.29) is 19.5 Å². The minimum Gasteiger partial charge on any atom is -0.359 e. The van der Waals surface area contributed by atoms with E-state index in [1.165, 1.54) is 18.2 Å². The van der Waals surface area contributed by atoms with Crippen LogP contribution in [0, 0.1) is 0 Å². The summed E-state index contributed by atoms with van der Waals surface area (Å²) in [5.41, 5.74) is 0. The molecule has 2 unspecified atom stereocenters. The van der Waals surface area contributed by atoms with Crippen LogP contribution in [0.1, 0.15) is 12.2 Å². The molecule has 23 heavy (non-hydrogen) atoms. The smallest absolute Gasteiger partial charge is 0.359 e. The van der Waals surface area contributed by atoms with Crippen LogP contribution in [0.4, 0.5) is 4.79 Å². The normalized spacial score (nSPS) is 23.7. The van der Waals surface area contributed by atoms with Crippen molar-refractivity contribution in [3.8, 4) is 0 Å². The van der Waals surface area contributed by atoms with Gasteiger partial charge < -0.3 is 9.42 Å². The van der Waals surface area contributed by atoms with Crippen molar-refractivity contribution in [1.29, 1.82) is 0 Å². The van der Waals surface area contributed by atoms with Crippen LogP contribution in [0.3, 0.4) is 0 Å². The summed E-state index contributed by atoms with van der Waals surface area (Å²) in [5.74, 6) is -0.450. The summed E-state index contributed by atoms with van der Waals surface area (Å²) in [6.07, 6.45) is 1.67. The lowest BCUT2D eigenvalue weighted by atomic mass is 10.0. The molecule has 3 amide bonds. The molecule has 2 saturated heterocycles. The van der Waals surface area contributed by atoms with Crippen LogP contribution >= 0.6 is 0 Å². The van der Waals surface area contributed by atoms with Crippen molar-refractivity contribution in [2.45, 2.75) is 25.0 Å². The van der Waals surface area contributed by atoms with Gasteiger partial charge in [0.15, 0.2) is 5.76 Å². The predicted molar refractivity (Wildman–Crippen MR) is 71.7 cm³/mol. The molecule has 0 bridgehead atoms. The monoisotopic (exact) mass is 346 g/mol. The Balaban J connectivity index is 1.73. The van der Waals surface area contributed by atoms with Crippen molar-refractivity contribution in [1.82, 2.24) is 19.4 Å². The van der Waals surface area contributed by atoms with Crippen LogP contribution in [0.25, 0.3) is 0 Å². The van der Waals surface area contributed by atoms with Gasteiger partial charge in [-0.05, 0) is 6.42 Å². The molecule has 1 N–H and O–H groups in total. The highest BCUT2D eigenvalue weighted by molar-refractivity contribution is 7.84. The van der Waals surface area contributed by atoms with Crippen molar-refractivity contribution < 1.29 is 31.9 Å². The van der Waals surface area contributed by atoms with Crippen LogP contribution in [0.2, 0.25) is 0 Å². The summed E-state index contributed by atoms with van der Waals surface area (Å²) in [7, 11) is -3.32. The number of hydrogen-bond acceptors (Lipinski definition) is 7. The fourth-order valence-corrected chi connectivity index (χ4v) is 3.75. The fraction of sp³-hybridized carbons (Fsp3) is 0.545. The van der Waals surface area contributed by atoms with E-state index in [9.17, 15) is 18.0 Å². The average Bonchev–Trinajstić information content (AvgIpc) is 3.09. The Morgan fingerprint density at radius 3 is 2.91 bits per heavy atom. The van der Waals surface area contributed by atoms with E-state index in [2.05, 4.69) is 5.16 Å². The lowest BCUT2D eigenvalue weighted by Crippen LogP contribution is -2.69. The van der Waals surface area contributed by atoms with E-state index in [1.54, 1.807) is 6.07 Å². The number of hydrogen-bond donors (Lipinski definition) is 1. The molecule has 0 radical (unpaired) electrons. The zero-order valence-electron chi connectivity index (χ0n) is 12.0. The number of amides is 3. The molecule has 2 aliphatic heterocycles. The molecule has 3 rings (SSSR count). The average molecular weight is 346 g/mol. The van der Waals surface area contributed by atoms with E-state index >= 15 is 0 Å². The van der Waals surface area contributed by atoms with Crippen LogP contribution in [-0.4, -0.2) is 70.1 Å². The maximum absolute atomic E-state index is 12.5. The lowest BCUT2D eigenvalue weighted by Gasteiger charge is -2.43. The SMILES string of the molecule is CON(Cc1ccno1)C(=O)N1CCC2C1C(=O)N2S(=O)(=O)O. The minimum absolute atomic E-state index is 0.0145. The Morgan fingerprint density at radius 2 is 2.35 bits per heavy atom. The molecule has 1 aromatic rings. The number of fused-ring (bicyclic) bond motifs is 1. The van der Waals surface area contributed by atoms with Gasteiger partial charge in [0.2, 0.25) is 0 Å². The van der Waals surface area contributed by atoms with Crippen molar-refractivity contribution >= 4 is 22.2 Å². The van der Waals surface area contributed by atoms with E-state index in [4.69, 9.17) is 13.9 Å². The van der Waals surface area contributed by atoms with E-state index in [1.807, 2.05) is 0 Å². The zero-order chi connectivity index (χ0) is 16.8. The molecule has 11 nitrogen and oxygen atoms in total. The van der Waals surface area contributed by atoms with Crippen LogP contribution in [0.15, 0.2) is 16.8 Å². The second-order valence-electron chi connectivity index (χ2n) is 5.09. The Hall–Kier alpha value is -2.18. The number of likely N-dealkylation sites (tertiary alicyclic amines) is 1. The first-order valence-electron chi connectivity index (χ1n) is 6.67. The molecule has 2 aliphatic rings. The first-order chi connectivity index (χ1) is 10.8. The van der Waals surface area contributed by atoms with Gasteiger partial charge in [-0.15, -0.1) is 0 Å². The Bertz CT molecular complexity index is 719. The summed E-state index contributed by atoms with van der Waals surface area (Å²) in [6.45, 7) is 0.154. The molecule has 2 fully saturated rings. The first-order valence-corrected chi connectivity index (χ1v) is 8.06. The quantitative estimate of drug-likeness (QED) is 0.427. The third kappa shape index (κ3) is 2.54. The second-order valence-corrected chi connectivity index (χ2v) is 6.38. The van der Waals surface area contributed by atoms with Crippen LogP contribution < -0.4 is 0 Å². The number of hydroxylamine groups is 2. The number of β-lactam (4-membered cyclic amide) rings is 1. The van der Waals surface area contributed by atoms with Gasteiger partial charge in [0.25, 0.3) is 5.91 Å². The molecule has 1 aromatic heterocycles. The highest BCUT2D eigenvalue weighted by Gasteiger charge is 2.60. The fourth-order valence-electron chi connectivity index (χ4n) is 2.85. The third-order valence-electron chi connectivity index (χ3n) is 3.86. The number of urea groups is 1. The van der Waals surface area contributed by atoms with Gasteiger partial charge in [-0.3, -0.25) is 14.2 Å². The Labute approximate surface area is 131 Å². The zero-order valence-corrected chi connectivity index (χ0v) is 12.8. The second kappa shape index (κ2) is 5.47. The molecular formula is C11H14N4O7S. The highest BCUT2D eigenvalue weighted by Crippen LogP contribution is 2.36. The molecule has 12 heteroatoms. The minimum atomic E-state index is -4.61. The summed E-state index contributed by atoms with van der Waals surface area (Å²) >= 11 is 0. The van der Waals surface area contributed by atoms with Gasteiger partial charge in [0.1, 0.15) is 12.6 Å². The maximum atomic E-state index is 12.5. The van der Waals surface area contributed by atoms with E-state index < -0.39 is 34.3 Å². The summed E-state index contributed by atoms with van der Waals surface area (Å²) in [5, 5.41) is 4.49. The van der Waals surface area contributed by atoms with Crippen LogP contribution in [-0.2, 0) is 26.5 Å². The number of carbonyl (C=O) groups excluding carboxylic acids is 2. The third-order valence-corrected chi connectivity index (χ3v) is 4.80. The van der Waals surface area contributed by atoms with Gasteiger partial charge in [0.05, 0.1) is 19.3 Å². The molecule has 0 aromatic carbocycles. The Kier molecular flexibility index (Phi) is 3.74. The van der Waals surface area contributed by atoms with Crippen molar-refractivity contribution in [2.75, 3.05) is 13.7 Å². The maximum Gasteiger partial charge on any atom is 0.362 e. The van der Waals surface area contributed by atoms with Gasteiger partial charge in [-0.2, -0.15) is 13.5 Å². The molecular weight excluding hydrogens is 332 g/mol. The van der Waals surface area contributed by atoms with Crippen molar-refractivity contribution in [3.05, 3.63) is 18.0 Å². The summed E-state index contributed by atoms with van der Waals surface area (Å²) in [6, 6.07) is -0.706. The number of aromatic nitrogens is 1. The summed E-state index contributed by atoms with van der Waals surface area (Å²) < 4.78 is 36.6. The predicted octanol–water partition coefficient (Wildman–Crippen LogP) is -0.754. The largest absolute Gasteiger partial charge is 0.362 e. The molecule has 126 valence electrons. The first kappa shape index (κ1) is 15.7. The van der Waals surface area contributed by atoms with Crippen LogP contribution in [0.5, 0.6) is 0 Å². The van der Waals surface area contributed by atoms with Crippen molar-refractivity contribution in [2.24, 2.45) is 0 Å². The van der Waals surface area contributed by atoms with Gasteiger partial charge >= 0.3 is 16.3 Å². The van der Waals surface area contributed by atoms with Gasteiger partial charge in [-0.25, -0.2) is 9.10 Å². The van der Waals surface area contributed by atoms with E-state index in [0.29, 0.717) is 10.1 Å². The topological polar surface area (TPSA) is 133 Å². The molecule has 0 spiro atoms. The number of carbonyl (C=O) groups is 2. The van der Waals surface area contributed by atoms with Gasteiger partial charge in [0, 0.05) is 12.6 Å². The molecule has 0 aliphatic carbocycles. The lowest BCUT2D eigenvalue weighted by molar-refractivity contribution is -0.146. The molecule has 2 atom stereocenters. The Morgan fingerprint density at radius 1 is 1.61 bits per heavy atom. The van der Waals surface area contributed by atoms with Gasteiger partial charge in [-0.1, -0.05) is 5.16 Å². The van der Waals surface area contributed by atoms with Crippen molar-refractivity contribution in [3.63, 3.8) is 0 Å². The summed E-state index contributed by atoms with van der Waals surface area (Å²) in [4.78, 5) is 30.6. The standard InChI is InChI=1S/C11H14N4O7S/c1-21-14(6-7-2-4-12-22-7)11(17)13-5-3-8-9(13)10(16)15(8)23(18,19)20/h2,4,8-9H,3,5-6H2,1H3,(H,18,19,20). The molecule has 3 heterocycles. The molecule has 0 saturated carbocycles. The highest BCUT2D eigenvalue weighted by atomic mass is 32.2. The number of nitrogens with zero attached hydrogens (tertiary/aromatic N) is 4. The number of rotatable bonds is 4. The van der Waals surface area contributed by atoms with E-state index in [0.717, 1.165) is 5.06 Å².